The standard InChI is InChI=1S/C22H26N2O3/c1-4-16-8-10-17(11-9-16)14-23(2)22(26)18-12-21(25)24(15-18)19-6-5-7-20(13-19)27-3/h5-11,13,18H,4,12,14-15H2,1-3H3. The first kappa shape index (κ1) is 19.0. The third-order valence-corrected chi connectivity index (χ3v) is 5.07. The quantitative estimate of drug-likeness (QED) is 0.788. The van der Waals surface area contributed by atoms with Crippen LogP contribution in [0.15, 0.2) is 48.5 Å². The number of carbonyl (C=O) groups excluding carboxylic acids is 2. The Morgan fingerprint density at radius 1 is 1.19 bits per heavy atom. The molecule has 0 spiro atoms. The van der Waals surface area contributed by atoms with Crippen LogP contribution in [0, 0.1) is 5.92 Å². The number of benzene rings is 2. The van der Waals surface area contributed by atoms with E-state index in [1.54, 1.807) is 24.0 Å². The van der Waals surface area contributed by atoms with E-state index in [-0.39, 0.29) is 24.2 Å². The minimum absolute atomic E-state index is 0.00770. The van der Waals surface area contributed by atoms with E-state index in [2.05, 4.69) is 31.2 Å². The van der Waals surface area contributed by atoms with E-state index in [4.69, 9.17) is 4.74 Å². The van der Waals surface area contributed by atoms with Crippen LogP contribution in [-0.4, -0.2) is 37.4 Å². The molecule has 0 N–H and O–H groups in total. The molecule has 2 aromatic carbocycles. The van der Waals surface area contributed by atoms with Gasteiger partial charge >= 0.3 is 0 Å². The Kier molecular flexibility index (Phi) is 5.79. The Labute approximate surface area is 160 Å². The Morgan fingerprint density at radius 3 is 2.56 bits per heavy atom. The highest BCUT2D eigenvalue weighted by Crippen LogP contribution is 2.28. The van der Waals surface area contributed by atoms with Crippen molar-refractivity contribution in [2.24, 2.45) is 5.92 Å². The summed E-state index contributed by atoms with van der Waals surface area (Å²) in [6, 6.07) is 15.7. The number of ether oxygens (including phenoxy) is 1. The zero-order valence-electron chi connectivity index (χ0n) is 16.1. The highest BCUT2D eigenvalue weighted by molar-refractivity contribution is 6.00. The Bertz CT molecular complexity index is 817. The Morgan fingerprint density at radius 2 is 1.89 bits per heavy atom. The number of amides is 2. The molecule has 142 valence electrons. The van der Waals surface area contributed by atoms with Gasteiger partial charge in [-0.15, -0.1) is 0 Å². The van der Waals surface area contributed by atoms with E-state index in [0.717, 1.165) is 17.7 Å². The summed E-state index contributed by atoms with van der Waals surface area (Å²) in [6.07, 6.45) is 1.24. The first-order chi connectivity index (χ1) is 13.0. The van der Waals surface area contributed by atoms with Crippen LogP contribution in [0.5, 0.6) is 5.75 Å². The molecule has 1 atom stereocenters. The van der Waals surface area contributed by atoms with Crippen LogP contribution in [0.1, 0.15) is 24.5 Å². The molecule has 1 aliphatic heterocycles. The molecule has 3 rings (SSSR count). The molecule has 1 heterocycles. The van der Waals surface area contributed by atoms with E-state index in [0.29, 0.717) is 18.8 Å². The SMILES string of the molecule is CCc1ccc(CN(C)C(=O)C2CC(=O)N(c3cccc(OC)c3)C2)cc1. The molecule has 0 saturated carbocycles. The molecule has 0 radical (unpaired) electrons. The van der Waals surface area contributed by atoms with Crippen molar-refractivity contribution in [1.82, 2.24) is 4.90 Å². The first-order valence-corrected chi connectivity index (χ1v) is 9.29. The van der Waals surface area contributed by atoms with Crippen LogP contribution in [0.3, 0.4) is 0 Å². The van der Waals surface area contributed by atoms with Crippen molar-refractivity contribution in [3.8, 4) is 5.75 Å². The molecule has 0 aromatic heterocycles. The Hall–Kier alpha value is -2.82. The number of hydrogen-bond donors (Lipinski definition) is 0. The van der Waals surface area contributed by atoms with Gasteiger partial charge in [0, 0.05) is 38.3 Å². The number of anilines is 1. The number of hydrogen-bond acceptors (Lipinski definition) is 3. The van der Waals surface area contributed by atoms with Crippen molar-refractivity contribution < 1.29 is 14.3 Å². The molecule has 2 aromatic rings. The van der Waals surface area contributed by atoms with E-state index in [9.17, 15) is 9.59 Å². The van der Waals surface area contributed by atoms with Crippen molar-refractivity contribution in [2.75, 3.05) is 25.6 Å². The topological polar surface area (TPSA) is 49.9 Å². The number of carbonyl (C=O) groups is 2. The first-order valence-electron chi connectivity index (χ1n) is 9.29. The van der Waals surface area contributed by atoms with Crippen LogP contribution in [-0.2, 0) is 22.6 Å². The molecule has 1 fully saturated rings. The van der Waals surface area contributed by atoms with E-state index in [1.807, 2.05) is 24.3 Å². The van der Waals surface area contributed by atoms with Gasteiger partial charge in [-0.05, 0) is 29.7 Å². The minimum Gasteiger partial charge on any atom is -0.497 e. The molecular formula is C22H26N2O3. The van der Waals surface area contributed by atoms with Crippen molar-refractivity contribution in [3.63, 3.8) is 0 Å². The Balaban J connectivity index is 1.65. The second-order valence-corrected chi connectivity index (χ2v) is 6.97. The average molecular weight is 366 g/mol. The number of nitrogens with zero attached hydrogens (tertiary/aromatic N) is 2. The molecule has 0 bridgehead atoms. The molecular weight excluding hydrogens is 340 g/mol. The van der Waals surface area contributed by atoms with Gasteiger partial charge in [0.25, 0.3) is 0 Å². The van der Waals surface area contributed by atoms with Crippen LogP contribution in [0.4, 0.5) is 5.69 Å². The predicted molar refractivity (Wildman–Crippen MR) is 106 cm³/mol. The van der Waals surface area contributed by atoms with Gasteiger partial charge < -0.3 is 14.5 Å². The number of rotatable bonds is 6. The van der Waals surface area contributed by atoms with Gasteiger partial charge in [-0.1, -0.05) is 37.3 Å². The molecule has 2 amide bonds. The van der Waals surface area contributed by atoms with Crippen molar-refractivity contribution >= 4 is 17.5 Å². The van der Waals surface area contributed by atoms with Crippen LogP contribution >= 0.6 is 0 Å². The summed E-state index contributed by atoms with van der Waals surface area (Å²) >= 11 is 0. The molecule has 1 unspecified atom stereocenters. The lowest BCUT2D eigenvalue weighted by molar-refractivity contribution is -0.135. The smallest absolute Gasteiger partial charge is 0.228 e. The highest BCUT2D eigenvalue weighted by Gasteiger charge is 2.36. The third kappa shape index (κ3) is 4.30. The molecule has 5 nitrogen and oxygen atoms in total. The molecule has 5 heteroatoms. The maximum atomic E-state index is 12.8. The second-order valence-electron chi connectivity index (χ2n) is 6.97. The summed E-state index contributed by atoms with van der Waals surface area (Å²) < 4.78 is 5.23. The van der Waals surface area contributed by atoms with Crippen LogP contribution < -0.4 is 9.64 Å². The predicted octanol–water partition coefficient (Wildman–Crippen LogP) is 3.27. The summed E-state index contributed by atoms with van der Waals surface area (Å²) in [5.74, 6) is 0.363. The monoisotopic (exact) mass is 366 g/mol. The van der Waals surface area contributed by atoms with Crippen molar-refractivity contribution in [1.29, 1.82) is 0 Å². The van der Waals surface area contributed by atoms with Crippen molar-refractivity contribution in [2.45, 2.75) is 26.3 Å². The summed E-state index contributed by atoms with van der Waals surface area (Å²) in [7, 11) is 3.40. The van der Waals surface area contributed by atoms with Gasteiger partial charge in [-0.2, -0.15) is 0 Å². The zero-order chi connectivity index (χ0) is 19.4. The van der Waals surface area contributed by atoms with Gasteiger partial charge in [-0.3, -0.25) is 9.59 Å². The number of methoxy groups -OCH3 is 1. The highest BCUT2D eigenvalue weighted by atomic mass is 16.5. The summed E-state index contributed by atoms with van der Waals surface area (Å²) in [5, 5.41) is 0. The lowest BCUT2D eigenvalue weighted by atomic mass is 10.1. The lowest BCUT2D eigenvalue weighted by Crippen LogP contribution is -2.34. The van der Waals surface area contributed by atoms with Crippen LogP contribution in [0.2, 0.25) is 0 Å². The van der Waals surface area contributed by atoms with Gasteiger partial charge in [-0.25, -0.2) is 0 Å². The lowest BCUT2D eigenvalue weighted by Gasteiger charge is -2.22. The van der Waals surface area contributed by atoms with Gasteiger partial charge in [0.15, 0.2) is 0 Å². The minimum atomic E-state index is -0.316. The zero-order valence-corrected chi connectivity index (χ0v) is 16.1. The molecule has 1 saturated heterocycles. The van der Waals surface area contributed by atoms with Crippen LogP contribution in [0.25, 0.3) is 0 Å². The fraction of sp³-hybridized carbons (Fsp3) is 0.364. The summed E-state index contributed by atoms with van der Waals surface area (Å²) in [4.78, 5) is 28.7. The van der Waals surface area contributed by atoms with E-state index >= 15 is 0 Å². The average Bonchev–Trinajstić information content (AvgIpc) is 3.09. The molecule has 1 aliphatic rings. The normalized spacial score (nSPS) is 16.5. The fourth-order valence-electron chi connectivity index (χ4n) is 3.44. The second kappa shape index (κ2) is 8.25. The third-order valence-electron chi connectivity index (χ3n) is 5.07. The van der Waals surface area contributed by atoms with Gasteiger partial charge in [0.2, 0.25) is 11.8 Å². The maximum Gasteiger partial charge on any atom is 0.228 e. The maximum absolute atomic E-state index is 12.8. The molecule has 27 heavy (non-hydrogen) atoms. The van der Waals surface area contributed by atoms with Gasteiger partial charge in [0.1, 0.15) is 5.75 Å². The van der Waals surface area contributed by atoms with Crippen molar-refractivity contribution in [3.05, 3.63) is 59.7 Å². The summed E-state index contributed by atoms with van der Waals surface area (Å²) in [6.45, 7) is 3.08. The summed E-state index contributed by atoms with van der Waals surface area (Å²) in [5.41, 5.74) is 3.15. The fourth-order valence-corrected chi connectivity index (χ4v) is 3.44. The molecule has 0 aliphatic carbocycles. The van der Waals surface area contributed by atoms with Gasteiger partial charge in [0.05, 0.1) is 13.0 Å². The van der Waals surface area contributed by atoms with E-state index < -0.39 is 0 Å². The van der Waals surface area contributed by atoms with E-state index in [1.165, 1.54) is 5.56 Å². The number of aryl methyl sites for hydroxylation is 1. The largest absolute Gasteiger partial charge is 0.497 e.